The largest absolute Gasteiger partial charge is 0.398 e. The summed E-state index contributed by atoms with van der Waals surface area (Å²) in [6, 6.07) is 3.71. The summed E-state index contributed by atoms with van der Waals surface area (Å²) in [5.41, 5.74) is 6.01. The molecule has 0 aromatic heterocycles. The fraction of sp³-hybridized carbons (Fsp3) is 0.462. The average Bonchev–Trinajstić information content (AvgIpc) is 2.36. The van der Waals surface area contributed by atoms with E-state index in [9.17, 15) is 9.18 Å². The molecule has 1 aromatic rings. The predicted molar refractivity (Wildman–Crippen MR) is 72.5 cm³/mol. The third-order valence-electron chi connectivity index (χ3n) is 2.47. The van der Waals surface area contributed by atoms with Crippen LogP contribution in [0.3, 0.4) is 0 Å². The number of rotatable bonds is 7. The number of nitrogens with zero attached hydrogens (tertiary/aromatic N) is 1. The van der Waals surface area contributed by atoms with Crippen LogP contribution in [0.4, 0.5) is 10.1 Å². The Morgan fingerprint density at radius 1 is 1.42 bits per heavy atom. The van der Waals surface area contributed by atoms with E-state index < -0.39 is 11.7 Å². The van der Waals surface area contributed by atoms with Crippen molar-refractivity contribution in [2.75, 3.05) is 46.1 Å². The molecule has 0 fully saturated rings. The number of likely N-dealkylation sites (N-methyl/N-ethyl adjacent to an activating group) is 1. The number of benzene rings is 1. The fourth-order valence-electron chi connectivity index (χ4n) is 1.41. The Morgan fingerprint density at radius 2 is 2.16 bits per heavy atom. The number of carbonyl (C=O) groups is 1. The molecule has 5 nitrogen and oxygen atoms in total. The van der Waals surface area contributed by atoms with Crippen molar-refractivity contribution in [2.24, 2.45) is 0 Å². The highest BCUT2D eigenvalue weighted by atomic mass is 19.1. The first-order chi connectivity index (χ1) is 9.00. The van der Waals surface area contributed by atoms with Crippen LogP contribution in [-0.2, 0) is 4.74 Å². The van der Waals surface area contributed by atoms with Crippen LogP contribution in [0, 0.1) is 5.82 Å². The fourth-order valence-corrected chi connectivity index (χ4v) is 1.41. The average molecular weight is 269 g/mol. The van der Waals surface area contributed by atoms with Gasteiger partial charge in [0.1, 0.15) is 5.82 Å². The molecule has 3 N–H and O–H groups in total. The molecular weight excluding hydrogens is 249 g/mol. The van der Waals surface area contributed by atoms with Crippen LogP contribution in [0.25, 0.3) is 0 Å². The van der Waals surface area contributed by atoms with E-state index in [1.165, 1.54) is 12.1 Å². The van der Waals surface area contributed by atoms with E-state index in [0.29, 0.717) is 19.8 Å². The van der Waals surface area contributed by atoms with Gasteiger partial charge in [-0.1, -0.05) is 0 Å². The lowest BCUT2D eigenvalue weighted by atomic mass is 10.1. The standard InChI is InChI=1S/C13H20FN3O2/c1-17(2)6-8-19-7-5-16-13(18)11-9-10(14)3-4-12(11)15/h3-4,9H,5-8,15H2,1-2H3,(H,16,18). The van der Waals surface area contributed by atoms with Crippen molar-refractivity contribution in [1.29, 1.82) is 0 Å². The Kier molecular flexibility index (Phi) is 6.24. The summed E-state index contributed by atoms with van der Waals surface area (Å²) in [6.07, 6.45) is 0. The van der Waals surface area contributed by atoms with Gasteiger partial charge in [-0.2, -0.15) is 0 Å². The van der Waals surface area contributed by atoms with Crippen LogP contribution in [0.2, 0.25) is 0 Å². The number of halogens is 1. The van der Waals surface area contributed by atoms with Gasteiger partial charge < -0.3 is 20.7 Å². The maximum absolute atomic E-state index is 13.0. The zero-order chi connectivity index (χ0) is 14.3. The van der Waals surface area contributed by atoms with Gasteiger partial charge in [-0.25, -0.2) is 4.39 Å². The van der Waals surface area contributed by atoms with Crippen molar-refractivity contribution in [3.63, 3.8) is 0 Å². The topological polar surface area (TPSA) is 67.6 Å². The molecule has 0 radical (unpaired) electrons. The lowest BCUT2D eigenvalue weighted by Crippen LogP contribution is -2.29. The highest BCUT2D eigenvalue weighted by Gasteiger charge is 2.09. The molecule has 0 aliphatic rings. The molecule has 0 bridgehead atoms. The first kappa shape index (κ1) is 15.4. The number of nitrogen functional groups attached to an aromatic ring is 1. The van der Waals surface area contributed by atoms with Crippen LogP contribution in [0.5, 0.6) is 0 Å². The van der Waals surface area contributed by atoms with E-state index in [0.717, 1.165) is 12.6 Å². The molecule has 19 heavy (non-hydrogen) atoms. The van der Waals surface area contributed by atoms with Gasteiger partial charge in [-0.3, -0.25) is 4.79 Å². The Balaban J connectivity index is 2.29. The Morgan fingerprint density at radius 3 is 2.84 bits per heavy atom. The number of ether oxygens (including phenoxy) is 1. The second kappa shape index (κ2) is 7.70. The van der Waals surface area contributed by atoms with Crippen molar-refractivity contribution in [3.8, 4) is 0 Å². The molecule has 0 aliphatic heterocycles. The first-order valence-electron chi connectivity index (χ1n) is 6.06. The van der Waals surface area contributed by atoms with E-state index in [-0.39, 0.29) is 11.3 Å². The number of anilines is 1. The highest BCUT2D eigenvalue weighted by molar-refractivity contribution is 5.99. The van der Waals surface area contributed by atoms with Gasteiger partial charge >= 0.3 is 0 Å². The summed E-state index contributed by atoms with van der Waals surface area (Å²) >= 11 is 0. The summed E-state index contributed by atoms with van der Waals surface area (Å²) < 4.78 is 18.3. The first-order valence-corrected chi connectivity index (χ1v) is 6.06. The lowest BCUT2D eigenvalue weighted by Gasteiger charge is -2.10. The van der Waals surface area contributed by atoms with Crippen LogP contribution in [0.15, 0.2) is 18.2 Å². The Bertz CT molecular complexity index is 424. The van der Waals surface area contributed by atoms with Crippen LogP contribution < -0.4 is 11.1 Å². The molecule has 0 spiro atoms. The van der Waals surface area contributed by atoms with Gasteiger partial charge in [-0.15, -0.1) is 0 Å². The minimum absolute atomic E-state index is 0.147. The van der Waals surface area contributed by atoms with Crippen molar-refractivity contribution >= 4 is 11.6 Å². The number of amides is 1. The molecule has 0 unspecified atom stereocenters. The van der Waals surface area contributed by atoms with Crippen LogP contribution in [0.1, 0.15) is 10.4 Å². The van der Waals surface area contributed by atoms with Crippen molar-refractivity contribution in [3.05, 3.63) is 29.6 Å². The second-order valence-electron chi connectivity index (χ2n) is 4.40. The molecule has 1 amide bonds. The third-order valence-corrected chi connectivity index (χ3v) is 2.47. The van der Waals surface area contributed by atoms with Crippen LogP contribution >= 0.6 is 0 Å². The zero-order valence-electron chi connectivity index (χ0n) is 11.3. The Hall–Kier alpha value is -1.66. The summed E-state index contributed by atoms with van der Waals surface area (Å²) in [6.45, 7) is 2.20. The maximum Gasteiger partial charge on any atom is 0.253 e. The van der Waals surface area contributed by atoms with Gasteiger partial charge in [0.15, 0.2) is 0 Å². The molecule has 1 rings (SSSR count). The Labute approximate surface area is 112 Å². The van der Waals surface area contributed by atoms with E-state index >= 15 is 0 Å². The van der Waals surface area contributed by atoms with E-state index in [1.54, 1.807) is 0 Å². The van der Waals surface area contributed by atoms with Crippen molar-refractivity contribution < 1.29 is 13.9 Å². The maximum atomic E-state index is 13.0. The molecule has 0 saturated heterocycles. The quantitative estimate of drug-likeness (QED) is 0.565. The van der Waals surface area contributed by atoms with Gasteiger partial charge in [0.25, 0.3) is 5.91 Å². The van der Waals surface area contributed by atoms with Gasteiger partial charge in [0, 0.05) is 18.8 Å². The molecular formula is C13H20FN3O2. The lowest BCUT2D eigenvalue weighted by molar-refractivity contribution is 0.0900. The normalized spacial score (nSPS) is 10.7. The smallest absolute Gasteiger partial charge is 0.253 e. The third kappa shape index (κ3) is 5.67. The second-order valence-corrected chi connectivity index (χ2v) is 4.40. The van der Waals surface area contributed by atoms with Crippen molar-refractivity contribution in [2.45, 2.75) is 0 Å². The SMILES string of the molecule is CN(C)CCOCCNC(=O)c1cc(F)ccc1N. The molecule has 0 heterocycles. The molecule has 0 saturated carbocycles. The van der Waals surface area contributed by atoms with E-state index in [4.69, 9.17) is 10.5 Å². The highest BCUT2D eigenvalue weighted by Crippen LogP contribution is 2.12. The zero-order valence-corrected chi connectivity index (χ0v) is 11.3. The molecule has 106 valence electrons. The van der Waals surface area contributed by atoms with Gasteiger partial charge in [-0.05, 0) is 32.3 Å². The van der Waals surface area contributed by atoms with Gasteiger partial charge in [0.2, 0.25) is 0 Å². The van der Waals surface area contributed by atoms with Gasteiger partial charge in [0.05, 0.1) is 18.8 Å². The van der Waals surface area contributed by atoms with E-state index in [1.807, 2.05) is 19.0 Å². The summed E-state index contributed by atoms with van der Waals surface area (Å²) in [5, 5.41) is 2.63. The monoisotopic (exact) mass is 269 g/mol. The summed E-state index contributed by atoms with van der Waals surface area (Å²) in [4.78, 5) is 13.7. The molecule has 0 atom stereocenters. The molecule has 1 aromatic carbocycles. The number of nitrogens with two attached hydrogens (primary N) is 1. The van der Waals surface area contributed by atoms with Crippen LogP contribution in [-0.4, -0.2) is 51.2 Å². The number of hydrogen-bond donors (Lipinski definition) is 2. The number of nitrogens with one attached hydrogen (secondary N) is 1. The number of carbonyl (C=O) groups excluding carboxylic acids is 1. The number of hydrogen-bond acceptors (Lipinski definition) is 4. The van der Waals surface area contributed by atoms with E-state index in [2.05, 4.69) is 5.32 Å². The predicted octanol–water partition coefficient (Wildman–Crippen LogP) is 0.716. The van der Waals surface area contributed by atoms with Crippen molar-refractivity contribution in [1.82, 2.24) is 10.2 Å². The minimum Gasteiger partial charge on any atom is -0.398 e. The summed E-state index contributed by atoms with van der Waals surface area (Å²) in [7, 11) is 3.91. The minimum atomic E-state index is -0.485. The molecule has 0 aliphatic carbocycles. The molecule has 6 heteroatoms. The summed E-state index contributed by atoms with van der Waals surface area (Å²) in [5.74, 6) is -0.880.